The van der Waals surface area contributed by atoms with E-state index in [0.717, 1.165) is 5.92 Å². The van der Waals surface area contributed by atoms with Gasteiger partial charge in [0.05, 0.1) is 0 Å². The van der Waals surface area contributed by atoms with Crippen LogP contribution in [-0.2, 0) is 0 Å². The zero-order valence-corrected chi connectivity index (χ0v) is 11.7. The van der Waals surface area contributed by atoms with Gasteiger partial charge in [0.2, 0.25) is 0 Å². The van der Waals surface area contributed by atoms with Crippen LogP contribution in [0.5, 0.6) is 0 Å². The van der Waals surface area contributed by atoms with E-state index in [1.807, 2.05) is 0 Å². The quantitative estimate of drug-likeness (QED) is 0.445. The fourth-order valence-corrected chi connectivity index (χ4v) is 2.14. The van der Waals surface area contributed by atoms with Gasteiger partial charge in [-0.15, -0.1) is 0 Å². The van der Waals surface area contributed by atoms with Crippen LogP contribution < -0.4 is 0 Å². The third-order valence-corrected chi connectivity index (χ3v) is 3.16. The molecule has 0 aliphatic heterocycles. The molecular weight excluding hydrogens is 180 g/mol. The van der Waals surface area contributed by atoms with Gasteiger partial charge in [-0.3, -0.25) is 0 Å². The van der Waals surface area contributed by atoms with Gasteiger partial charge in [-0.1, -0.05) is 79.6 Å². The first kappa shape index (κ1) is 15.0. The Labute approximate surface area is 97.8 Å². The first-order chi connectivity index (χ1) is 6.95. The van der Waals surface area contributed by atoms with Gasteiger partial charge in [0.25, 0.3) is 0 Å². The molecule has 1 atom stereocenters. The summed E-state index contributed by atoms with van der Waals surface area (Å²) in [6.07, 6.45) is 11.4. The van der Waals surface area contributed by atoms with Crippen LogP contribution >= 0.6 is 0 Å². The van der Waals surface area contributed by atoms with Gasteiger partial charge in [-0.25, -0.2) is 0 Å². The van der Waals surface area contributed by atoms with Gasteiger partial charge in [0.1, 0.15) is 0 Å². The second-order valence-electron chi connectivity index (χ2n) is 6.41. The molecule has 0 spiro atoms. The molecule has 0 radical (unpaired) electrons. The molecule has 0 heterocycles. The van der Waals surface area contributed by atoms with Crippen molar-refractivity contribution in [2.24, 2.45) is 11.3 Å². The summed E-state index contributed by atoms with van der Waals surface area (Å²) in [6, 6.07) is 0. The highest BCUT2D eigenvalue weighted by Gasteiger charge is 2.08. The van der Waals surface area contributed by atoms with Crippen molar-refractivity contribution < 1.29 is 0 Å². The van der Waals surface area contributed by atoms with E-state index in [1.165, 1.54) is 51.4 Å². The maximum absolute atomic E-state index is 2.40. The van der Waals surface area contributed by atoms with Gasteiger partial charge < -0.3 is 0 Å². The number of hydrogen-bond donors (Lipinski definition) is 0. The lowest BCUT2D eigenvalue weighted by Crippen LogP contribution is -2.04. The molecule has 0 rings (SSSR count). The van der Waals surface area contributed by atoms with Gasteiger partial charge in [0, 0.05) is 0 Å². The lowest BCUT2D eigenvalue weighted by atomic mass is 9.89. The Hall–Kier alpha value is 0. The molecule has 15 heavy (non-hydrogen) atoms. The molecule has 0 fully saturated rings. The minimum atomic E-state index is 0.537. The first-order valence-electron chi connectivity index (χ1n) is 6.95. The predicted molar refractivity (Wildman–Crippen MR) is 71.2 cm³/mol. The van der Waals surface area contributed by atoms with Crippen LogP contribution in [0, 0.1) is 11.3 Å². The minimum Gasteiger partial charge on any atom is -0.0654 e. The summed E-state index contributed by atoms with van der Waals surface area (Å²) in [6.45, 7) is 11.7. The molecule has 0 aromatic carbocycles. The largest absolute Gasteiger partial charge is 0.0654 e. The van der Waals surface area contributed by atoms with Crippen molar-refractivity contribution in [1.29, 1.82) is 0 Å². The SMILES string of the molecule is CCCC(C)CCCCCCC(C)(C)C. The molecule has 0 nitrogen and oxygen atoms in total. The lowest BCUT2D eigenvalue weighted by molar-refractivity contribution is 0.354. The Morgan fingerprint density at radius 3 is 2.00 bits per heavy atom. The molecule has 1 unspecified atom stereocenters. The maximum Gasteiger partial charge on any atom is -0.0383 e. The molecule has 92 valence electrons. The van der Waals surface area contributed by atoms with Crippen molar-refractivity contribution in [2.45, 2.75) is 86.0 Å². The normalized spacial score (nSPS) is 14.2. The predicted octanol–water partition coefficient (Wildman–Crippen LogP) is 5.81. The summed E-state index contributed by atoms with van der Waals surface area (Å²) in [7, 11) is 0. The molecule has 0 saturated carbocycles. The second kappa shape index (κ2) is 8.19. The highest BCUT2D eigenvalue weighted by molar-refractivity contribution is 4.61. The third kappa shape index (κ3) is 11.9. The zero-order valence-electron chi connectivity index (χ0n) is 11.7. The molecule has 0 bridgehead atoms. The van der Waals surface area contributed by atoms with Crippen molar-refractivity contribution in [3.05, 3.63) is 0 Å². The number of rotatable bonds is 8. The van der Waals surface area contributed by atoms with Crippen molar-refractivity contribution >= 4 is 0 Å². The smallest absolute Gasteiger partial charge is 0.0383 e. The van der Waals surface area contributed by atoms with E-state index in [9.17, 15) is 0 Å². The molecular formula is C15H32. The zero-order chi connectivity index (χ0) is 11.7. The minimum absolute atomic E-state index is 0.537. The molecule has 0 amide bonds. The molecule has 0 heteroatoms. The topological polar surface area (TPSA) is 0 Å². The van der Waals surface area contributed by atoms with Crippen molar-refractivity contribution in [3.8, 4) is 0 Å². The standard InChI is InChI=1S/C15H32/c1-6-11-14(2)12-9-7-8-10-13-15(3,4)5/h14H,6-13H2,1-5H3. The molecule has 0 aliphatic rings. The highest BCUT2D eigenvalue weighted by Crippen LogP contribution is 2.23. The van der Waals surface area contributed by atoms with Crippen LogP contribution in [0.1, 0.15) is 86.0 Å². The van der Waals surface area contributed by atoms with E-state index in [1.54, 1.807) is 0 Å². The van der Waals surface area contributed by atoms with Crippen LogP contribution in [-0.4, -0.2) is 0 Å². The molecule has 0 aromatic rings. The van der Waals surface area contributed by atoms with E-state index in [0.29, 0.717) is 5.41 Å². The Morgan fingerprint density at radius 2 is 1.47 bits per heavy atom. The molecule has 0 saturated heterocycles. The molecule has 0 N–H and O–H groups in total. The Balaban J connectivity index is 3.18. The number of hydrogen-bond acceptors (Lipinski definition) is 0. The van der Waals surface area contributed by atoms with E-state index >= 15 is 0 Å². The summed E-state index contributed by atoms with van der Waals surface area (Å²) in [5.74, 6) is 0.956. The summed E-state index contributed by atoms with van der Waals surface area (Å²) in [5.41, 5.74) is 0.537. The van der Waals surface area contributed by atoms with Crippen molar-refractivity contribution in [2.75, 3.05) is 0 Å². The summed E-state index contributed by atoms with van der Waals surface area (Å²) >= 11 is 0. The number of unbranched alkanes of at least 4 members (excludes halogenated alkanes) is 3. The average molecular weight is 212 g/mol. The van der Waals surface area contributed by atoms with Crippen LogP contribution in [0.4, 0.5) is 0 Å². The van der Waals surface area contributed by atoms with Crippen LogP contribution in [0.25, 0.3) is 0 Å². The fourth-order valence-electron chi connectivity index (χ4n) is 2.14. The third-order valence-electron chi connectivity index (χ3n) is 3.16. The van der Waals surface area contributed by atoms with Crippen molar-refractivity contribution in [1.82, 2.24) is 0 Å². The Bertz CT molecular complexity index is 129. The van der Waals surface area contributed by atoms with E-state index in [2.05, 4.69) is 34.6 Å². The van der Waals surface area contributed by atoms with Gasteiger partial charge in [0.15, 0.2) is 0 Å². The van der Waals surface area contributed by atoms with E-state index in [-0.39, 0.29) is 0 Å². The highest BCUT2D eigenvalue weighted by atomic mass is 14.1. The summed E-state index contributed by atoms with van der Waals surface area (Å²) in [5, 5.41) is 0. The summed E-state index contributed by atoms with van der Waals surface area (Å²) < 4.78 is 0. The molecule has 0 aromatic heterocycles. The van der Waals surface area contributed by atoms with E-state index in [4.69, 9.17) is 0 Å². The lowest BCUT2D eigenvalue weighted by Gasteiger charge is -2.17. The van der Waals surface area contributed by atoms with Crippen LogP contribution in [0.3, 0.4) is 0 Å². The Morgan fingerprint density at radius 1 is 0.867 bits per heavy atom. The van der Waals surface area contributed by atoms with Crippen LogP contribution in [0.15, 0.2) is 0 Å². The van der Waals surface area contributed by atoms with E-state index < -0.39 is 0 Å². The maximum atomic E-state index is 2.40. The summed E-state index contributed by atoms with van der Waals surface area (Å²) in [4.78, 5) is 0. The van der Waals surface area contributed by atoms with Gasteiger partial charge in [-0.2, -0.15) is 0 Å². The van der Waals surface area contributed by atoms with Gasteiger partial charge in [-0.05, 0) is 17.8 Å². The van der Waals surface area contributed by atoms with Crippen molar-refractivity contribution in [3.63, 3.8) is 0 Å². The van der Waals surface area contributed by atoms with Gasteiger partial charge >= 0.3 is 0 Å². The second-order valence-corrected chi connectivity index (χ2v) is 6.41. The first-order valence-corrected chi connectivity index (χ1v) is 6.95. The monoisotopic (exact) mass is 212 g/mol. The fraction of sp³-hybridized carbons (Fsp3) is 1.00. The van der Waals surface area contributed by atoms with Crippen LogP contribution in [0.2, 0.25) is 0 Å². The Kier molecular flexibility index (Phi) is 8.19. The average Bonchev–Trinajstić information content (AvgIpc) is 2.09. The molecule has 0 aliphatic carbocycles.